The number of carbonyl (C=O) groups excluding carboxylic acids is 1. The fourth-order valence-corrected chi connectivity index (χ4v) is 3.55. The number of anilines is 1. The van der Waals surface area contributed by atoms with Crippen molar-refractivity contribution in [1.82, 2.24) is 4.90 Å². The van der Waals surface area contributed by atoms with Gasteiger partial charge in [0, 0.05) is 24.7 Å². The van der Waals surface area contributed by atoms with Gasteiger partial charge in [-0.2, -0.15) is 0 Å². The lowest BCUT2D eigenvalue weighted by atomic mass is 9.99. The Hall–Kier alpha value is -2.53. The Labute approximate surface area is 161 Å². The largest absolute Gasteiger partial charge is 0.497 e. The van der Waals surface area contributed by atoms with Crippen molar-refractivity contribution in [3.63, 3.8) is 0 Å². The number of hydrogen-bond acceptors (Lipinski definition) is 4. The minimum atomic E-state index is -0.156. The van der Waals surface area contributed by atoms with E-state index in [0.717, 1.165) is 25.6 Å². The zero-order valence-corrected chi connectivity index (χ0v) is 16.3. The van der Waals surface area contributed by atoms with Crippen LogP contribution in [0, 0.1) is 5.92 Å². The molecule has 0 unspecified atom stereocenters. The topological polar surface area (TPSA) is 50.8 Å². The molecule has 1 fully saturated rings. The first-order valence-electron chi connectivity index (χ1n) is 9.43. The van der Waals surface area contributed by atoms with E-state index in [1.165, 1.54) is 18.4 Å². The van der Waals surface area contributed by atoms with E-state index >= 15 is 0 Å². The summed E-state index contributed by atoms with van der Waals surface area (Å²) in [6.07, 6.45) is 2.59. The van der Waals surface area contributed by atoms with Gasteiger partial charge in [0.15, 0.2) is 0 Å². The van der Waals surface area contributed by atoms with Crippen molar-refractivity contribution in [2.24, 2.45) is 5.92 Å². The van der Waals surface area contributed by atoms with Crippen LogP contribution in [0.3, 0.4) is 0 Å². The van der Waals surface area contributed by atoms with Crippen molar-refractivity contribution in [1.29, 1.82) is 0 Å². The van der Waals surface area contributed by atoms with Gasteiger partial charge in [-0.3, -0.25) is 9.69 Å². The third-order valence-electron chi connectivity index (χ3n) is 5.02. The summed E-state index contributed by atoms with van der Waals surface area (Å²) < 4.78 is 10.5. The molecule has 2 aromatic carbocycles. The number of amides is 1. The molecule has 1 amide bonds. The Kier molecular flexibility index (Phi) is 6.35. The third kappa shape index (κ3) is 5.01. The maximum Gasteiger partial charge on any atom is 0.255 e. The van der Waals surface area contributed by atoms with Crippen molar-refractivity contribution in [3.05, 3.63) is 53.6 Å². The molecule has 2 aromatic rings. The molecule has 0 spiro atoms. The lowest BCUT2D eigenvalue weighted by molar-refractivity contribution is 0.102. The van der Waals surface area contributed by atoms with Crippen molar-refractivity contribution < 1.29 is 14.3 Å². The smallest absolute Gasteiger partial charge is 0.255 e. The summed E-state index contributed by atoms with van der Waals surface area (Å²) in [7, 11) is 3.17. The average Bonchev–Trinajstić information content (AvgIpc) is 2.69. The number of methoxy groups -OCH3 is 2. The van der Waals surface area contributed by atoms with E-state index in [1.807, 2.05) is 24.3 Å². The maximum absolute atomic E-state index is 12.6. The second-order valence-electron chi connectivity index (χ2n) is 7.20. The summed E-state index contributed by atoms with van der Waals surface area (Å²) >= 11 is 0. The minimum absolute atomic E-state index is 0.156. The predicted molar refractivity (Wildman–Crippen MR) is 108 cm³/mol. The lowest BCUT2D eigenvalue weighted by Crippen LogP contribution is -2.33. The molecule has 0 radical (unpaired) electrons. The molecule has 0 aromatic heterocycles. The number of rotatable bonds is 6. The number of likely N-dealkylation sites (tertiary alicyclic amines) is 1. The minimum Gasteiger partial charge on any atom is -0.497 e. The first kappa shape index (κ1) is 19.2. The van der Waals surface area contributed by atoms with Crippen molar-refractivity contribution in [2.45, 2.75) is 26.3 Å². The zero-order chi connectivity index (χ0) is 19.2. The second-order valence-corrected chi connectivity index (χ2v) is 7.20. The maximum atomic E-state index is 12.6. The van der Waals surface area contributed by atoms with Crippen LogP contribution >= 0.6 is 0 Å². The predicted octanol–water partition coefficient (Wildman–Crippen LogP) is 4.19. The summed E-state index contributed by atoms with van der Waals surface area (Å²) in [5, 5.41) is 2.91. The van der Waals surface area contributed by atoms with Crippen molar-refractivity contribution >= 4 is 11.6 Å². The van der Waals surface area contributed by atoms with Crippen molar-refractivity contribution in [2.75, 3.05) is 32.6 Å². The summed E-state index contributed by atoms with van der Waals surface area (Å²) in [5.41, 5.74) is 2.49. The Morgan fingerprint density at radius 3 is 2.59 bits per heavy atom. The SMILES string of the molecule is COc1ccc(NC(=O)c2ccc(CN3CCC[C@H](C)C3)cc2)c(OC)c1. The Morgan fingerprint density at radius 2 is 1.93 bits per heavy atom. The van der Waals surface area contributed by atoms with Gasteiger partial charge in [0.2, 0.25) is 0 Å². The summed E-state index contributed by atoms with van der Waals surface area (Å²) in [6.45, 7) is 5.56. The van der Waals surface area contributed by atoms with Crippen LogP contribution in [0.4, 0.5) is 5.69 Å². The molecule has 1 N–H and O–H groups in total. The van der Waals surface area contributed by atoms with E-state index in [4.69, 9.17) is 9.47 Å². The molecule has 3 rings (SSSR count). The Balaban J connectivity index is 1.64. The van der Waals surface area contributed by atoms with E-state index in [9.17, 15) is 4.79 Å². The molecule has 1 atom stereocenters. The highest BCUT2D eigenvalue weighted by Gasteiger charge is 2.16. The quantitative estimate of drug-likeness (QED) is 0.831. The number of piperidine rings is 1. The molecule has 144 valence electrons. The van der Waals surface area contributed by atoms with Gasteiger partial charge in [-0.05, 0) is 55.1 Å². The molecule has 0 bridgehead atoms. The van der Waals surface area contributed by atoms with Crippen LogP contribution < -0.4 is 14.8 Å². The fourth-order valence-electron chi connectivity index (χ4n) is 3.55. The monoisotopic (exact) mass is 368 g/mol. The molecule has 1 aliphatic rings. The number of ether oxygens (including phenoxy) is 2. The molecule has 27 heavy (non-hydrogen) atoms. The highest BCUT2D eigenvalue weighted by molar-refractivity contribution is 6.05. The van der Waals surface area contributed by atoms with Gasteiger partial charge in [-0.15, -0.1) is 0 Å². The van der Waals surface area contributed by atoms with Gasteiger partial charge in [0.05, 0.1) is 19.9 Å². The van der Waals surface area contributed by atoms with Crippen molar-refractivity contribution in [3.8, 4) is 11.5 Å². The van der Waals surface area contributed by atoms with Gasteiger partial charge >= 0.3 is 0 Å². The van der Waals surface area contributed by atoms with Crippen LogP contribution in [0.15, 0.2) is 42.5 Å². The highest BCUT2D eigenvalue weighted by Crippen LogP contribution is 2.29. The number of hydrogen-bond donors (Lipinski definition) is 1. The molecular formula is C22H28N2O3. The first-order valence-corrected chi connectivity index (χ1v) is 9.43. The second kappa shape index (κ2) is 8.91. The molecule has 5 heteroatoms. The average molecular weight is 368 g/mol. The summed E-state index contributed by atoms with van der Waals surface area (Å²) in [4.78, 5) is 15.1. The van der Waals surface area contributed by atoms with Gasteiger partial charge in [-0.25, -0.2) is 0 Å². The number of nitrogens with one attached hydrogen (secondary N) is 1. The Bertz CT molecular complexity index is 774. The van der Waals surface area contributed by atoms with E-state index in [1.54, 1.807) is 32.4 Å². The molecule has 1 heterocycles. The number of nitrogens with zero attached hydrogens (tertiary/aromatic N) is 1. The van der Waals surface area contributed by atoms with Gasteiger partial charge in [0.25, 0.3) is 5.91 Å². The molecule has 5 nitrogen and oxygen atoms in total. The van der Waals surface area contributed by atoms with Crippen LogP contribution in [0.25, 0.3) is 0 Å². The lowest BCUT2D eigenvalue weighted by Gasteiger charge is -2.30. The molecule has 0 saturated carbocycles. The van der Waals surface area contributed by atoms with Crippen LogP contribution in [-0.2, 0) is 6.54 Å². The van der Waals surface area contributed by atoms with Gasteiger partial charge in [0.1, 0.15) is 11.5 Å². The van der Waals surface area contributed by atoms with E-state index in [-0.39, 0.29) is 5.91 Å². The first-order chi connectivity index (χ1) is 13.1. The summed E-state index contributed by atoms with van der Waals surface area (Å²) in [6, 6.07) is 13.2. The van der Waals surface area contributed by atoms with Crippen LogP contribution in [0.5, 0.6) is 11.5 Å². The van der Waals surface area contributed by atoms with Gasteiger partial charge in [-0.1, -0.05) is 19.1 Å². The molecule has 1 saturated heterocycles. The van der Waals surface area contributed by atoms with E-state index in [0.29, 0.717) is 22.7 Å². The Morgan fingerprint density at radius 1 is 1.15 bits per heavy atom. The summed E-state index contributed by atoms with van der Waals surface area (Å²) in [5.74, 6) is 1.86. The van der Waals surface area contributed by atoms with Crippen LogP contribution in [0.1, 0.15) is 35.7 Å². The van der Waals surface area contributed by atoms with Crippen LogP contribution in [-0.4, -0.2) is 38.1 Å². The zero-order valence-electron chi connectivity index (χ0n) is 16.3. The molecule has 1 aliphatic heterocycles. The highest BCUT2D eigenvalue weighted by atomic mass is 16.5. The molecular weight excluding hydrogens is 340 g/mol. The van der Waals surface area contributed by atoms with E-state index in [2.05, 4.69) is 17.1 Å². The number of benzene rings is 2. The third-order valence-corrected chi connectivity index (χ3v) is 5.02. The standard InChI is InChI=1S/C22H28N2O3/c1-16-5-4-12-24(14-16)15-17-6-8-18(9-7-17)22(25)23-20-11-10-19(26-2)13-21(20)27-3/h6-11,13,16H,4-5,12,14-15H2,1-3H3,(H,23,25)/t16-/m0/s1. The van der Waals surface area contributed by atoms with E-state index < -0.39 is 0 Å². The fraction of sp³-hybridized carbons (Fsp3) is 0.409. The normalized spacial score (nSPS) is 17.4. The van der Waals surface area contributed by atoms with Crippen LogP contribution in [0.2, 0.25) is 0 Å². The molecule has 0 aliphatic carbocycles. The van der Waals surface area contributed by atoms with Gasteiger partial charge < -0.3 is 14.8 Å². The number of carbonyl (C=O) groups is 1.